The third kappa shape index (κ3) is 2.97. The van der Waals surface area contributed by atoms with Crippen molar-refractivity contribution in [1.29, 1.82) is 0 Å². The Labute approximate surface area is 137 Å². The number of nitrogens with zero attached hydrogens (tertiary/aromatic N) is 2. The fourth-order valence-corrected chi connectivity index (χ4v) is 3.13. The molecule has 2 aromatic rings. The van der Waals surface area contributed by atoms with Gasteiger partial charge in [0.1, 0.15) is 12.1 Å². The second-order valence-corrected chi connectivity index (χ2v) is 6.25. The lowest BCUT2D eigenvalue weighted by Gasteiger charge is -2.30. The molecule has 0 saturated carbocycles. The molecule has 0 spiro atoms. The average Bonchev–Trinajstić information content (AvgIpc) is 2.70. The predicted octanol–water partition coefficient (Wildman–Crippen LogP) is 4.47. The molecular formula is C20H23N2O+. The second kappa shape index (κ2) is 6.47. The first kappa shape index (κ1) is 15.6. The van der Waals surface area contributed by atoms with Crippen LogP contribution >= 0.6 is 0 Å². The third-order valence-electron chi connectivity index (χ3n) is 4.60. The Morgan fingerprint density at radius 1 is 1.04 bits per heavy atom. The second-order valence-electron chi connectivity index (χ2n) is 6.25. The number of unbranched alkanes of at least 4 members (excludes halogenated alkanes) is 1. The van der Waals surface area contributed by atoms with E-state index in [2.05, 4.69) is 6.92 Å². The smallest absolute Gasteiger partial charge is 0.246 e. The van der Waals surface area contributed by atoms with Gasteiger partial charge < -0.3 is 0 Å². The van der Waals surface area contributed by atoms with E-state index in [9.17, 15) is 4.79 Å². The molecule has 1 aliphatic heterocycles. The maximum atomic E-state index is 13.1. The molecule has 1 heterocycles. The van der Waals surface area contributed by atoms with Crippen LogP contribution < -0.4 is 4.48 Å². The number of aliphatic imine (C=N–C) groups is 1. The molecule has 0 fully saturated rings. The minimum atomic E-state index is 0.214. The van der Waals surface area contributed by atoms with Crippen molar-refractivity contribution < 1.29 is 4.79 Å². The molecule has 2 aromatic carbocycles. The van der Waals surface area contributed by atoms with Gasteiger partial charge in [0.05, 0.1) is 19.3 Å². The number of rotatable bonds is 4. The van der Waals surface area contributed by atoms with Crippen LogP contribution in [-0.4, -0.2) is 25.2 Å². The summed E-state index contributed by atoms with van der Waals surface area (Å²) in [6.07, 6.45) is 2.48. The van der Waals surface area contributed by atoms with Crippen LogP contribution in [0, 0.1) is 0 Å². The molecule has 0 radical (unpaired) electrons. The van der Waals surface area contributed by atoms with Gasteiger partial charge in [0.15, 0.2) is 5.69 Å². The molecule has 3 heteroatoms. The van der Waals surface area contributed by atoms with Crippen molar-refractivity contribution in [3.8, 4) is 0 Å². The minimum Gasteiger partial charge on any atom is -0.246 e. The summed E-state index contributed by atoms with van der Waals surface area (Å²) in [5, 5.41) is 0. The monoisotopic (exact) mass is 307 g/mol. The summed E-state index contributed by atoms with van der Waals surface area (Å²) in [5.41, 5.74) is 3.81. The highest BCUT2D eigenvalue weighted by molar-refractivity contribution is 6.15. The van der Waals surface area contributed by atoms with Crippen molar-refractivity contribution in [2.75, 3.05) is 13.6 Å². The molecular weight excluding hydrogens is 284 g/mol. The summed E-state index contributed by atoms with van der Waals surface area (Å²) in [7, 11) is 2.03. The Bertz CT molecular complexity index is 736. The van der Waals surface area contributed by atoms with E-state index in [1.807, 2.05) is 61.6 Å². The van der Waals surface area contributed by atoms with Crippen LogP contribution in [0.5, 0.6) is 0 Å². The lowest BCUT2D eigenvalue weighted by molar-refractivity contribution is -0.127. The molecule has 0 aliphatic carbocycles. The standard InChI is InChI=1S/C20H23N2O/c1-3-4-14-22(2)19-13-9-8-12-17(19)21-18(15-20(22)23)16-10-6-5-7-11-16/h5-13H,3-4,14-15H2,1-2H3/q+1. The van der Waals surface area contributed by atoms with Crippen LogP contribution in [0.4, 0.5) is 11.4 Å². The van der Waals surface area contributed by atoms with Crippen molar-refractivity contribution in [1.82, 2.24) is 4.48 Å². The number of para-hydroxylation sites is 2. The molecule has 118 valence electrons. The van der Waals surface area contributed by atoms with E-state index in [0.717, 1.165) is 42.0 Å². The molecule has 3 nitrogen and oxygen atoms in total. The van der Waals surface area contributed by atoms with Crippen LogP contribution in [0.2, 0.25) is 0 Å². The third-order valence-corrected chi connectivity index (χ3v) is 4.60. The van der Waals surface area contributed by atoms with Gasteiger partial charge in [0, 0.05) is 6.07 Å². The van der Waals surface area contributed by atoms with E-state index in [1.54, 1.807) is 0 Å². The Morgan fingerprint density at radius 3 is 2.48 bits per heavy atom. The SMILES string of the molecule is CCCC[N+]1(C)C(=O)CC(c2ccccc2)=Nc2ccccc21. The topological polar surface area (TPSA) is 29.4 Å². The van der Waals surface area contributed by atoms with Crippen molar-refractivity contribution in [2.45, 2.75) is 26.2 Å². The Hall–Kier alpha value is -2.26. The first-order valence-electron chi connectivity index (χ1n) is 8.26. The molecule has 1 atom stereocenters. The summed E-state index contributed by atoms with van der Waals surface area (Å²) < 4.78 is 0.337. The molecule has 1 unspecified atom stereocenters. The van der Waals surface area contributed by atoms with Gasteiger partial charge in [-0.25, -0.2) is 14.3 Å². The average molecular weight is 307 g/mol. The lowest BCUT2D eigenvalue weighted by Crippen LogP contribution is -2.51. The zero-order chi connectivity index (χ0) is 16.3. The lowest BCUT2D eigenvalue weighted by atomic mass is 10.1. The van der Waals surface area contributed by atoms with Crippen molar-refractivity contribution >= 4 is 23.0 Å². The Morgan fingerprint density at radius 2 is 1.74 bits per heavy atom. The first-order chi connectivity index (χ1) is 11.1. The van der Waals surface area contributed by atoms with Crippen LogP contribution in [0.3, 0.4) is 0 Å². The van der Waals surface area contributed by atoms with Crippen molar-refractivity contribution in [3.63, 3.8) is 0 Å². The quantitative estimate of drug-likeness (QED) is 0.766. The number of fused-ring (bicyclic) bond motifs is 1. The van der Waals surface area contributed by atoms with Gasteiger partial charge in [0.25, 0.3) is 0 Å². The number of hydrogen-bond acceptors (Lipinski definition) is 2. The van der Waals surface area contributed by atoms with Crippen LogP contribution in [-0.2, 0) is 4.79 Å². The predicted molar refractivity (Wildman–Crippen MR) is 96.2 cm³/mol. The molecule has 23 heavy (non-hydrogen) atoms. The molecule has 1 aliphatic rings. The van der Waals surface area contributed by atoms with Gasteiger partial charge in [-0.3, -0.25) is 0 Å². The highest BCUT2D eigenvalue weighted by atomic mass is 16.2. The zero-order valence-electron chi connectivity index (χ0n) is 13.8. The van der Waals surface area contributed by atoms with E-state index >= 15 is 0 Å². The van der Waals surface area contributed by atoms with E-state index in [1.165, 1.54) is 0 Å². The van der Waals surface area contributed by atoms with Crippen LogP contribution in [0.1, 0.15) is 31.7 Å². The Kier molecular flexibility index (Phi) is 4.39. The fraction of sp³-hybridized carbons (Fsp3) is 0.300. The first-order valence-corrected chi connectivity index (χ1v) is 8.26. The normalized spacial score (nSPS) is 20.6. The van der Waals surface area contributed by atoms with E-state index in [-0.39, 0.29) is 5.91 Å². The number of carbonyl (C=O) groups is 1. The summed E-state index contributed by atoms with van der Waals surface area (Å²) in [4.78, 5) is 17.9. The fourth-order valence-electron chi connectivity index (χ4n) is 3.13. The summed E-state index contributed by atoms with van der Waals surface area (Å²) in [5.74, 6) is 0.214. The maximum Gasteiger partial charge on any atom is 0.324 e. The van der Waals surface area contributed by atoms with E-state index < -0.39 is 0 Å². The molecule has 0 N–H and O–H groups in total. The highest BCUT2D eigenvalue weighted by Gasteiger charge is 2.38. The molecule has 1 amide bonds. The van der Waals surface area contributed by atoms with E-state index in [0.29, 0.717) is 10.9 Å². The van der Waals surface area contributed by atoms with Gasteiger partial charge >= 0.3 is 5.91 Å². The maximum absolute atomic E-state index is 13.1. The summed E-state index contributed by atoms with van der Waals surface area (Å²) >= 11 is 0. The molecule has 0 bridgehead atoms. The highest BCUT2D eigenvalue weighted by Crippen LogP contribution is 2.37. The minimum absolute atomic E-state index is 0.214. The summed E-state index contributed by atoms with van der Waals surface area (Å²) in [6.45, 7) is 2.98. The van der Waals surface area contributed by atoms with Crippen LogP contribution in [0.25, 0.3) is 0 Å². The van der Waals surface area contributed by atoms with Crippen molar-refractivity contribution in [2.24, 2.45) is 4.99 Å². The van der Waals surface area contributed by atoms with Crippen LogP contribution in [0.15, 0.2) is 59.6 Å². The Balaban J connectivity index is 2.10. The van der Waals surface area contributed by atoms with E-state index in [4.69, 9.17) is 4.99 Å². The largest absolute Gasteiger partial charge is 0.324 e. The molecule has 0 saturated heterocycles. The zero-order valence-corrected chi connectivity index (χ0v) is 13.8. The number of carbonyl (C=O) groups excluding carboxylic acids is 1. The van der Waals surface area contributed by atoms with Gasteiger partial charge in [-0.05, 0) is 18.1 Å². The summed E-state index contributed by atoms with van der Waals surface area (Å²) in [6, 6.07) is 18.1. The van der Waals surface area contributed by atoms with Gasteiger partial charge in [-0.1, -0.05) is 55.8 Å². The van der Waals surface area contributed by atoms with Gasteiger partial charge in [-0.15, -0.1) is 0 Å². The molecule has 0 aromatic heterocycles. The van der Waals surface area contributed by atoms with Gasteiger partial charge in [0.2, 0.25) is 0 Å². The van der Waals surface area contributed by atoms with Crippen molar-refractivity contribution in [3.05, 3.63) is 60.2 Å². The number of amides is 1. The number of benzene rings is 2. The number of hydrogen-bond donors (Lipinski definition) is 0. The van der Waals surface area contributed by atoms with Gasteiger partial charge in [-0.2, -0.15) is 0 Å². The molecule has 3 rings (SSSR count). The number of quaternary nitrogens is 1.